The van der Waals surface area contributed by atoms with Gasteiger partial charge in [-0.2, -0.15) is 0 Å². The molecule has 0 aliphatic carbocycles. The third-order valence-corrected chi connectivity index (χ3v) is 5.98. The average molecular weight is 569 g/mol. The van der Waals surface area contributed by atoms with Crippen molar-refractivity contribution in [3.63, 3.8) is 0 Å². The maximum Gasteiger partial charge on any atom is 0.339 e. The van der Waals surface area contributed by atoms with Crippen molar-refractivity contribution in [2.24, 2.45) is 0 Å². The largest absolute Gasteiger partial charge is 1.00 e. The minimum atomic E-state index is -0.582. The van der Waals surface area contributed by atoms with Crippen LogP contribution in [0, 0.1) is 0 Å². The van der Waals surface area contributed by atoms with E-state index in [2.05, 4.69) is 40.9 Å². The van der Waals surface area contributed by atoms with E-state index in [1.165, 1.54) is 106 Å². The Balaban J connectivity index is 0. The van der Waals surface area contributed by atoms with Crippen LogP contribution >= 0.6 is 0 Å². The maximum absolute atomic E-state index is 11.7. The van der Waals surface area contributed by atoms with Gasteiger partial charge in [-0.05, 0) is 37.8 Å². The van der Waals surface area contributed by atoms with Crippen LogP contribution in [0.5, 0.6) is 0 Å². The highest BCUT2D eigenvalue weighted by atomic mass is 79.9. The lowest BCUT2D eigenvalue weighted by molar-refractivity contribution is -0.929. The number of ether oxygens (including phenoxy) is 2. The molecule has 0 spiro atoms. The predicted molar refractivity (Wildman–Crippen MR) is 147 cm³/mol. The molecule has 0 aliphatic heterocycles. The molecule has 0 radical (unpaired) electrons. The fraction of sp³-hybridized carbons (Fsp3) is 0.600. The normalized spacial score (nSPS) is 10.3. The summed E-state index contributed by atoms with van der Waals surface area (Å²) in [5.41, 5.74) is 0.349. The highest BCUT2D eigenvalue weighted by Crippen LogP contribution is 2.16. The number of carbonyl (C=O) groups excluding carboxylic acids is 2. The van der Waals surface area contributed by atoms with Crippen molar-refractivity contribution in [1.29, 1.82) is 0 Å². The van der Waals surface area contributed by atoms with Crippen molar-refractivity contribution in [2.75, 3.05) is 39.4 Å². The van der Waals surface area contributed by atoms with Crippen LogP contribution in [0.25, 0.3) is 0 Å². The number of quaternary nitrogens is 1. The lowest BCUT2D eigenvalue weighted by Crippen LogP contribution is -3.00. The van der Waals surface area contributed by atoms with E-state index in [1.54, 1.807) is 12.1 Å². The molecule has 6 heteroatoms. The van der Waals surface area contributed by atoms with Crippen LogP contribution in [-0.4, -0.2) is 55.8 Å². The lowest BCUT2D eigenvalue weighted by Gasteiger charge is -2.39. The summed E-state index contributed by atoms with van der Waals surface area (Å²) >= 11 is 0. The van der Waals surface area contributed by atoms with Crippen molar-refractivity contribution in [3.05, 3.63) is 60.7 Å². The van der Waals surface area contributed by atoms with Crippen LogP contribution in [0.15, 0.2) is 49.6 Å². The second-order valence-electron chi connectivity index (χ2n) is 8.97. The van der Waals surface area contributed by atoms with Gasteiger partial charge in [0.2, 0.25) is 0 Å². The first-order valence-corrected chi connectivity index (χ1v) is 13.4. The monoisotopic (exact) mass is 567 g/mol. The molecule has 1 aromatic rings. The van der Waals surface area contributed by atoms with Gasteiger partial charge >= 0.3 is 11.9 Å². The summed E-state index contributed by atoms with van der Waals surface area (Å²) in [5.74, 6) is -1.16. The van der Waals surface area contributed by atoms with Gasteiger partial charge in [0.05, 0.1) is 37.3 Å². The van der Waals surface area contributed by atoms with E-state index in [0.717, 1.165) is 0 Å². The van der Waals surface area contributed by atoms with Crippen LogP contribution in [0.4, 0.5) is 0 Å². The van der Waals surface area contributed by atoms with Crippen LogP contribution in [-0.2, 0) is 9.47 Å². The summed E-state index contributed by atoms with van der Waals surface area (Å²) in [5, 5.41) is 0. The molecular weight excluding hydrogens is 518 g/mol. The number of hydrogen-bond acceptors (Lipinski definition) is 4. The zero-order chi connectivity index (χ0) is 26.4. The molecule has 0 aromatic heterocycles. The Kier molecular flexibility index (Phi) is 23.6. The van der Waals surface area contributed by atoms with Crippen molar-refractivity contribution in [1.82, 2.24) is 0 Å². The molecule has 0 atom stereocenters. The van der Waals surface area contributed by atoms with E-state index < -0.39 is 11.9 Å². The minimum Gasteiger partial charge on any atom is -1.00 e. The summed E-state index contributed by atoms with van der Waals surface area (Å²) in [6.45, 7) is 22.1. The van der Waals surface area contributed by atoms with Crippen molar-refractivity contribution in [3.8, 4) is 0 Å². The fourth-order valence-corrected chi connectivity index (χ4v) is 3.91. The fourth-order valence-electron chi connectivity index (χ4n) is 3.91. The van der Waals surface area contributed by atoms with Crippen LogP contribution in [0.2, 0.25) is 0 Å². The molecule has 0 saturated carbocycles. The molecular formula is C30H50BrNO4. The second-order valence-corrected chi connectivity index (χ2v) is 8.97. The molecule has 1 rings (SSSR count). The quantitative estimate of drug-likeness (QED) is 0.150. The van der Waals surface area contributed by atoms with Crippen LogP contribution in [0.1, 0.15) is 99.8 Å². The number of benzene rings is 1. The molecule has 5 nitrogen and oxygen atoms in total. The summed E-state index contributed by atoms with van der Waals surface area (Å²) in [6.07, 6.45) is 14.0. The predicted octanol–water partition coefficient (Wildman–Crippen LogP) is 4.38. The standard InChI is InChI=1S/C16H36N.C14H14O4.BrH/c1-5-9-13-17(14-10-6-2,15-11-7-3)16-12-8-4;1-3-9-17-13(15)11-7-5-6-8-12(11)14(16)18-10-4-2;/h5-16H2,1-4H3;3-8H,1-2,9-10H2;1H/q+1;;/p-1. The topological polar surface area (TPSA) is 52.6 Å². The van der Waals surface area contributed by atoms with Crippen LogP contribution in [0.3, 0.4) is 0 Å². The number of rotatable bonds is 18. The van der Waals surface area contributed by atoms with E-state index in [-0.39, 0.29) is 41.3 Å². The molecule has 36 heavy (non-hydrogen) atoms. The Morgan fingerprint density at radius 2 is 1.00 bits per heavy atom. The van der Waals surface area contributed by atoms with Gasteiger partial charge < -0.3 is 30.9 Å². The Bertz CT molecular complexity index is 655. The summed E-state index contributed by atoms with van der Waals surface area (Å²) in [6, 6.07) is 6.31. The average Bonchev–Trinajstić information content (AvgIpc) is 2.89. The van der Waals surface area contributed by atoms with Gasteiger partial charge in [0, 0.05) is 0 Å². The Morgan fingerprint density at radius 3 is 1.25 bits per heavy atom. The molecule has 206 valence electrons. The minimum absolute atomic E-state index is 0. The van der Waals surface area contributed by atoms with Gasteiger partial charge in [-0.25, -0.2) is 9.59 Å². The second kappa shape index (κ2) is 23.5. The molecule has 0 N–H and O–H groups in total. The highest BCUT2D eigenvalue weighted by molar-refractivity contribution is 6.03. The molecule has 1 aromatic carbocycles. The molecule has 0 fully saturated rings. The molecule has 0 saturated heterocycles. The Labute approximate surface area is 231 Å². The third kappa shape index (κ3) is 15.2. The van der Waals surface area contributed by atoms with Gasteiger partial charge in [-0.3, -0.25) is 0 Å². The maximum atomic E-state index is 11.7. The molecule has 0 aliphatic rings. The molecule has 0 heterocycles. The van der Waals surface area contributed by atoms with Crippen molar-refractivity contribution in [2.45, 2.75) is 79.1 Å². The number of halogens is 1. The SMILES string of the molecule is C=CCOC(=O)c1ccccc1C(=O)OCC=C.CCCC[N+](CCCC)(CCCC)CCCC.[Br-]. The van der Waals surface area contributed by atoms with E-state index in [1.807, 2.05) is 0 Å². The summed E-state index contributed by atoms with van der Waals surface area (Å²) < 4.78 is 11.2. The molecule has 0 bridgehead atoms. The first-order chi connectivity index (χ1) is 16.9. The zero-order valence-electron chi connectivity index (χ0n) is 23.2. The van der Waals surface area contributed by atoms with Crippen LogP contribution < -0.4 is 17.0 Å². The number of hydrogen-bond donors (Lipinski definition) is 0. The van der Waals surface area contributed by atoms with E-state index in [9.17, 15) is 9.59 Å². The molecule has 0 amide bonds. The number of nitrogens with zero attached hydrogens (tertiary/aromatic N) is 1. The lowest BCUT2D eigenvalue weighted by atomic mass is 10.1. The molecule has 0 unspecified atom stereocenters. The van der Waals surface area contributed by atoms with Gasteiger partial charge in [0.25, 0.3) is 0 Å². The first kappa shape index (κ1) is 36.2. The zero-order valence-corrected chi connectivity index (χ0v) is 24.8. The Morgan fingerprint density at radius 1 is 0.694 bits per heavy atom. The van der Waals surface area contributed by atoms with Crippen molar-refractivity contribution < 1.29 is 40.5 Å². The number of carbonyl (C=O) groups is 2. The van der Waals surface area contributed by atoms with Gasteiger partial charge in [-0.15, -0.1) is 0 Å². The summed E-state index contributed by atoms with van der Waals surface area (Å²) in [4.78, 5) is 23.4. The highest BCUT2D eigenvalue weighted by Gasteiger charge is 2.24. The van der Waals surface area contributed by atoms with Gasteiger partial charge in [0.15, 0.2) is 0 Å². The van der Waals surface area contributed by atoms with Gasteiger partial charge in [0.1, 0.15) is 13.2 Å². The summed E-state index contributed by atoms with van der Waals surface area (Å²) in [7, 11) is 0. The third-order valence-electron chi connectivity index (χ3n) is 5.98. The van der Waals surface area contributed by atoms with E-state index in [0.29, 0.717) is 0 Å². The first-order valence-electron chi connectivity index (χ1n) is 13.4. The Hall–Kier alpha value is -1.92. The number of unbranched alkanes of at least 4 members (excludes halogenated alkanes) is 4. The number of esters is 2. The van der Waals surface area contributed by atoms with E-state index in [4.69, 9.17) is 9.47 Å². The van der Waals surface area contributed by atoms with E-state index >= 15 is 0 Å². The van der Waals surface area contributed by atoms with Crippen molar-refractivity contribution >= 4 is 11.9 Å². The smallest absolute Gasteiger partial charge is 0.339 e. The van der Waals surface area contributed by atoms with Gasteiger partial charge in [-0.1, -0.05) is 90.8 Å².